The second-order valence-electron chi connectivity index (χ2n) is 9.61. The van der Waals surface area contributed by atoms with E-state index in [1.54, 1.807) is 0 Å². The summed E-state index contributed by atoms with van der Waals surface area (Å²) in [4.78, 5) is 0. The maximum atomic E-state index is 4.32. The fourth-order valence-electron chi connectivity index (χ4n) is 3.83. The molecule has 0 amide bonds. The molecule has 140 valence electrons. The van der Waals surface area contributed by atoms with Crippen LogP contribution in [0.25, 0.3) is 0 Å². The van der Waals surface area contributed by atoms with Gasteiger partial charge in [0.15, 0.2) is 0 Å². The van der Waals surface area contributed by atoms with E-state index in [4.69, 9.17) is 0 Å². The lowest BCUT2D eigenvalue weighted by Crippen LogP contribution is -2.63. The second-order valence-corrected chi connectivity index (χ2v) is 26.9. The zero-order chi connectivity index (χ0) is 18.6. The standard InChI is InChI=1S/C18H45NP2Si2/c1-15(2)20(16(3)4)13-22(9,10)19-23(11,12)14-21(17(5)6)18(7)8/h15-19H,13-14H2,1-12H3. The summed E-state index contributed by atoms with van der Waals surface area (Å²) in [5.74, 6) is 2.99. The normalized spacial score (nSPS) is 14.3. The zero-order valence-corrected chi connectivity index (χ0v) is 21.9. The first kappa shape index (κ1) is 24.3. The van der Waals surface area contributed by atoms with Crippen molar-refractivity contribution in [1.82, 2.24) is 4.65 Å². The van der Waals surface area contributed by atoms with Crippen LogP contribution in [0.15, 0.2) is 0 Å². The first-order valence-corrected chi connectivity index (χ1v) is 19.2. The molecule has 1 nitrogen and oxygen atoms in total. The molecule has 1 N–H and O–H groups in total. The van der Waals surface area contributed by atoms with E-state index in [0.717, 1.165) is 22.6 Å². The molecule has 0 aromatic rings. The van der Waals surface area contributed by atoms with Crippen molar-refractivity contribution in [2.45, 2.75) is 104 Å². The van der Waals surface area contributed by atoms with Gasteiger partial charge >= 0.3 is 0 Å². The van der Waals surface area contributed by atoms with Crippen molar-refractivity contribution >= 4 is 32.3 Å². The molecule has 0 aliphatic carbocycles. The molecule has 5 heteroatoms. The van der Waals surface area contributed by atoms with Crippen molar-refractivity contribution in [2.24, 2.45) is 0 Å². The van der Waals surface area contributed by atoms with Gasteiger partial charge in [0.2, 0.25) is 0 Å². The van der Waals surface area contributed by atoms with Gasteiger partial charge in [0.25, 0.3) is 0 Å². The van der Waals surface area contributed by atoms with E-state index < -0.39 is 16.5 Å². The predicted molar refractivity (Wildman–Crippen MR) is 122 cm³/mol. The highest BCUT2D eigenvalue weighted by molar-refractivity contribution is 7.62. The fourth-order valence-corrected chi connectivity index (χ4v) is 28.7. The van der Waals surface area contributed by atoms with Crippen LogP contribution in [0.4, 0.5) is 0 Å². The molecule has 0 aliphatic heterocycles. The van der Waals surface area contributed by atoms with Crippen molar-refractivity contribution < 1.29 is 0 Å². The largest absolute Gasteiger partial charge is 0.359 e. The highest BCUT2D eigenvalue weighted by Crippen LogP contribution is 2.49. The molecule has 0 saturated heterocycles. The summed E-state index contributed by atoms with van der Waals surface area (Å²) in [7, 11) is -2.30. The maximum absolute atomic E-state index is 4.32. The van der Waals surface area contributed by atoms with Crippen LogP contribution in [0, 0.1) is 0 Å². The fraction of sp³-hybridized carbons (Fsp3) is 1.00. The molecule has 0 heterocycles. The van der Waals surface area contributed by atoms with Crippen LogP contribution >= 0.6 is 15.8 Å². The van der Waals surface area contributed by atoms with Crippen LogP contribution in [-0.4, -0.2) is 50.7 Å². The van der Waals surface area contributed by atoms with Gasteiger partial charge in [0.05, 0.1) is 0 Å². The molecule has 0 saturated carbocycles. The van der Waals surface area contributed by atoms with Crippen LogP contribution in [0.3, 0.4) is 0 Å². The number of hydrogen-bond acceptors (Lipinski definition) is 1. The molecule has 0 fully saturated rings. The average Bonchev–Trinajstić information content (AvgIpc) is 2.30. The first-order chi connectivity index (χ1) is 10.2. The lowest BCUT2D eigenvalue weighted by molar-refractivity contribution is 1.00. The van der Waals surface area contributed by atoms with E-state index in [1.165, 1.54) is 11.6 Å². The van der Waals surface area contributed by atoms with Crippen LogP contribution in [0.5, 0.6) is 0 Å². The average molecular weight is 394 g/mol. The van der Waals surface area contributed by atoms with E-state index in [9.17, 15) is 0 Å². The van der Waals surface area contributed by atoms with Gasteiger partial charge in [-0.1, -0.05) is 81.6 Å². The van der Waals surface area contributed by atoms with E-state index in [1.807, 2.05) is 0 Å². The van der Waals surface area contributed by atoms with Gasteiger partial charge in [-0.05, 0) is 34.2 Å². The molecule has 0 unspecified atom stereocenters. The van der Waals surface area contributed by atoms with E-state index in [-0.39, 0.29) is 15.8 Å². The molecule has 0 rings (SSSR count). The third kappa shape index (κ3) is 9.50. The van der Waals surface area contributed by atoms with E-state index in [2.05, 4.69) is 86.2 Å². The molecular formula is C18H45NP2Si2. The lowest BCUT2D eigenvalue weighted by atomic mass is 10.5. The summed E-state index contributed by atoms with van der Waals surface area (Å²) in [6.45, 7) is 29.9. The summed E-state index contributed by atoms with van der Waals surface area (Å²) in [5.41, 5.74) is 3.47. The lowest BCUT2D eigenvalue weighted by Gasteiger charge is -2.41. The Morgan fingerprint density at radius 1 is 0.565 bits per heavy atom. The molecule has 0 spiro atoms. The molecule has 0 bridgehead atoms. The zero-order valence-electron chi connectivity index (χ0n) is 18.1. The molecular weight excluding hydrogens is 348 g/mol. The van der Waals surface area contributed by atoms with Gasteiger partial charge in [0.1, 0.15) is 16.5 Å². The third-order valence-electron chi connectivity index (χ3n) is 4.49. The first-order valence-electron chi connectivity index (χ1n) is 9.49. The van der Waals surface area contributed by atoms with E-state index in [0.29, 0.717) is 0 Å². The Morgan fingerprint density at radius 3 is 0.957 bits per heavy atom. The SMILES string of the molecule is CC(C)P(C[Si](C)(C)N[Si](C)(C)CP(C(C)C)C(C)C)C(C)C. The van der Waals surface area contributed by atoms with Crippen molar-refractivity contribution in [2.75, 3.05) is 11.6 Å². The van der Waals surface area contributed by atoms with Crippen molar-refractivity contribution in [3.05, 3.63) is 0 Å². The molecule has 0 aliphatic rings. The van der Waals surface area contributed by atoms with Crippen LogP contribution in [0.2, 0.25) is 26.2 Å². The molecule has 0 radical (unpaired) electrons. The number of nitrogens with one attached hydrogen (secondary N) is 1. The third-order valence-corrected chi connectivity index (χ3v) is 24.5. The maximum Gasteiger partial charge on any atom is 0.117 e. The Bertz CT molecular complexity index is 294. The second kappa shape index (κ2) is 9.81. The summed E-state index contributed by atoms with van der Waals surface area (Å²) >= 11 is 0. The number of hydrogen-bond donors (Lipinski definition) is 1. The van der Waals surface area contributed by atoms with Crippen LogP contribution in [0.1, 0.15) is 55.4 Å². The highest BCUT2D eigenvalue weighted by atomic mass is 31.1. The van der Waals surface area contributed by atoms with Crippen molar-refractivity contribution in [3.8, 4) is 0 Å². The quantitative estimate of drug-likeness (QED) is 0.323. The summed E-state index contributed by atoms with van der Waals surface area (Å²) < 4.78 is 4.32. The Morgan fingerprint density at radius 2 is 0.783 bits per heavy atom. The van der Waals surface area contributed by atoms with Crippen LogP contribution in [-0.2, 0) is 0 Å². The number of rotatable bonds is 10. The predicted octanol–water partition coefficient (Wildman–Crippen LogP) is 6.66. The summed E-state index contributed by atoms with van der Waals surface area (Å²) in [6.07, 6.45) is 0. The minimum Gasteiger partial charge on any atom is -0.359 e. The van der Waals surface area contributed by atoms with Gasteiger partial charge in [-0.3, -0.25) is 0 Å². The summed E-state index contributed by atoms with van der Waals surface area (Å²) in [5, 5.41) is 0. The minimum atomic E-state index is -1.31. The van der Waals surface area contributed by atoms with Crippen LogP contribution < -0.4 is 4.65 Å². The Labute approximate surface area is 152 Å². The van der Waals surface area contributed by atoms with Gasteiger partial charge in [0, 0.05) is 0 Å². The topological polar surface area (TPSA) is 12.0 Å². The molecule has 23 heavy (non-hydrogen) atoms. The van der Waals surface area contributed by atoms with Crippen molar-refractivity contribution in [1.29, 1.82) is 0 Å². The Kier molecular flexibility index (Phi) is 10.3. The monoisotopic (exact) mass is 393 g/mol. The highest BCUT2D eigenvalue weighted by Gasteiger charge is 2.36. The molecule has 0 aromatic heterocycles. The minimum absolute atomic E-state index is 0.162. The smallest absolute Gasteiger partial charge is 0.117 e. The van der Waals surface area contributed by atoms with Gasteiger partial charge in [-0.2, -0.15) is 0 Å². The summed E-state index contributed by atoms with van der Waals surface area (Å²) in [6, 6.07) is 0. The Balaban J connectivity index is 4.97. The Hall–Kier alpha value is 1.25. The van der Waals surface area contributed by atoms with E-state index >= 15 is 0 Å². The van der Waals surface area contributed by atoms with Crippen molar-refractivity contribution in [3.63, 3.8) is 0 Å². The molecule has 0 aromatic carbocycles. The van der Waals surface area contributed by atoms with Gasteiger partial charge < -0.3 is 4.65 Å². The van der Waals surface area contributed by atoms with Gasteiger partial charge in [-0.15, -0.1) is 15.8 Å². The molecule has 0 atom stereocenters. The van der Waals surface area contributed by atoms with Gasteiger partial charge in [-0.25, -0.2) is 0 Å².